The van der Waals surface area contributed by atoms with Crippen molar-refractivity contribution in [3.05, 3.63) is 56.2 Å². The van der Waals surface area contributed by atoms with Gasteiger partial charge in [0.05, 0.1) is 11.8 Å². The van der Waals surface area contributed by atoms with E-state index in [2.05, 4.69) is 15.5 Å². The van der Waals surface area contributed by atoms with Crippen LogP contribution in [0.4, 0.5) is 0 Å². The standard InChI is InChI=1S/C16H16N6O4/c1-8-5-10(9(2)25-8)14-19-18-11(26-14)6-22-7-17-13-12(22)15(23)21(4)16(24)20(13)3/h5-7,18H,1-4H3. The zero-order valence-corrected chi connectivity index (χ0v) is 14.6. The van der Waals surface area contributed by atoms with Crippen LogP contribution in [-0.4, -0.2) is 24.6 Å². The molecule has 1 N–H and O–H groups in total. The van der Waals surface area contributed by atoms with Gasteiger partial charge in [0.25, 0.3) is 5.56 Å². The lowest BCUT2D eigenvalue weighted by molar-refractivity contribution is 0.419. The van der Waals surface area contributed by atoms with Crippen LogP contribution in [-0.2, 0) is 18.8 Å². The van der Waals surface area contributed by atoms with E-state index in [1.807, 2.05) is 19.9 Å². The van der Waals surface area contributed by atoms with Gasteiger partial charge in [-0.25, -0.2) is 15.2 Å². The molecule has 3 aromatic rings. The highest BCUT2D eigenvalue weighted by Crippen LogP contribution is 2.19. The van der Waals surface area contributed by atoms with Crippen LogP contribution < -0.4 is 16.7 Å². The Balaban J connectivity index is 1.74. The number of aryl methyl sites for hydroxylation is 3. The summed E-state index contributed by atoms with van der Waals surface area (Å²) in [5.41, 5.74) is 3.17. The fourth-order valence-corrected chi connectivity index (χ4v) is 2.86. The number of ether oxygens (including phenoxy) is 1. The number of fused-ring (bicyclic) bond motifs is 1. The summed E-state index contributed by atoms with van der Waals surface area (Å²) in [6, 6.07) is 1.83. The number of nitrogens with zero attached hydrogens (tertiary/aromatic N) is 5. The fraction of sp³-hybridized carbons (Fsp3) is 0.250. The minimum atomic E-state index is -0.446. The van der Waals surface area contributed by atoms with Crippen LogP contribution in [0.5, 0.6) is 0 Å². The Morgan fingerprint density at radius 1 is 1.19 bits per heavy atom. The molecule has 0 radical (unpaired) electrons. The summed E-state index contributed by atoms with van der Waals surface area (Å²) in [5.74, 6) is 2.14. The lowest BCUT2D eigenvalue weighted by Gasteiger charge is -2.04. The monoisotopic (exact) mass is 356 g/mol. The Morgan fingerprint density at radius 2 is 1.96 bits per heavy atom. The smallest absolute Gasteiger partial charge is 0.332 e. The highest BCUT2D eigenvalue weighted by molar-refractivity contribution is 5.96. The minimum Gasteiger partial charge on any atom is -0.466 e. The van der Waals surface area contributed by atoms with E-state index in [1.165, 1.54) is 22.5 Å². The van der Waals surface area contributed by atoms with Gasteiger partial charge in [-0.3, -0.25) is 18.5 Å². The highest BCUT2D eigenvalue weighted by Gasteiger charge is 2.21. The summed E-state index contributed by atoms with van der Waals surface area (Å²) in [7, 11) is 2.98. The highest BCUT2D eigenvalue weighted by atomic mass is 16.5. The Morgan fingerprint density at radius 3 is 2.65 bits per heavy atom. The molecule has 4 rings (SSSR count). The number of hydrogen-bond donors (Lipinski definition) is 1. The molecular weight excluding hydrogens is 340 g/mol. The van der Waals surface area contributed by atoms with Crippen molar-refractivity contribution in [1.82, 2.24) is 24.1 Å². The number of rotatable bonds is 2. The van der Waals surface area contributed by atoms with Crippen LogP contribution in [0, 0.1) is 13.8 Å². The number of hydrogen-bond acceptors (Lipinski definition) is 7. The van der Waals surface area contributed by atoms with Gasteiger partial charge in [0.15, 0.2) is 11.2 Å². The second kappa shape index (κ2) is 5.48. The SMILES string of the molecule is Cc1cc(C2=NNC(=Cn3cnc4c3c(=O)n(C)c(=O)n4C)O2)c(C)o1. The van der Waals surface area contributed by atoms with Crippen molar-refractivity contribution in [3.63, 3.8) is 0 Å². The molecule has 0 bridgehead atoms. The number of hydrazone groups is 1. The van der Waals surface area contributed by atoms with Crippen LogP contribution in [0.15, 0.2) is 37.4 Å². The second-order valence-corrected chi connectivity index (χ2v) is 5.98. The maximum absolute atomic E-state index is 12.4. The molecule has 10 heteroatoms. The van der Waals surface area contributed by atoms with Gasteiger partial charge in [-0.05, 0) is 19.9 Å². The molecule has 0 unspecified atom stereocenters. The lowest BCUT2D eigenvalue weighted by Crippen LogP contribution is -2.37. The number of nitrogens with one attached hydrogen (secondary N) is 1. The van der Waals surface area contributed by atoms with E-state index in [9.17, 15) is 9.59 Å². The van der Waals surface area contributed by atoms with Gasteiger partial charge in [-0.15, -0.1) is 5.10 Å². The molecule has 0 aromatic carbocycles. The number of furan rings is 1. The number of imidazole rings is 1. The normalized spacial score (nSPS) is 15.4. The van der Waals surface area contributed by atoms with Gasteiger partial charge < -0.3 is 9.15 Å². The molecule has 10 nitrogen and oxygen atoms in total. The first-order valence-corrected chi connectivity index (χ1v) is 7.80. The summed E-state index contributed by atoms with van der Waals surface area (Å²) in [6.07, 6.45) is 2.98. The van der Waals surface area contributed by atoms with Crippen molar-refractivity contribution in [3.8, 4) is 0 Å². The maximum atomic E-state index is 12.4. The summed E-state index contributed by atoms with van der Waals surface area (Å²) in [6.45, 7) is 3.66. The predicted octanol–water partition coefficient (Wildman–Crippen LogP) is 0.381. The third kappa shape index (κ3) is 2.26. The van der Waals surface area contributed by atoms with Crippen LogP contribution in [0.3, 0.4) is 0 Å². The summed E-state index contributed by atoms with van der Waals surface area (Å²) in [5, 5.41) is 4.14. The molecule has 26 heavy (non-hydrogen) atoms. The molecule has 1 aliphatic rings. The Hall–Kier alpha value is -3.56. The van der Waals surface area contributed by atoms with Crippen LogP contribution in [0.1, 0.15) is 17.1 Å². The molecule has 0 saturated carbocycles. The van der Waals surface area contributed by atoms with E-state index in [-0.39, 0.29) is 11.2 Å². The van der Waals surface area contributed by atoms with Gasteiger partial charge in [0.1, 0.15) is 17.8 Å². The van der Waals surface area contributed by atoms with Gasteiger partial charge >= 0.3 is 5.69 Å². The zero-order valence-electron chi connectivity index (χ0n) is 14.6. The van der Waals surface area contributed by atoms with Gasteiger partial charge in [0.2, 0.25) is 11.8 Å². The van der Waals surface area contributed by atoms with E-state index in [0.717, 1.165) is 15.9 Å². The van der Waals surface area contributed by atoms with Crippen molar-refractivity contribution in [2.45, 2.75) is 13.8 Å². The van der Waals surface area contributed by atoms with Crippen molar-refractivity contribution >= 4 is 23.3 Å². The van der Waals surface area contributed by atoms with Crippen LogP contribution in [0.25, 0.3) is 17.4 Å². The van der Waals surface area contributed by atoms with Gasteiger partial charge in [-0.2, -0.15) is 0 Å². The predicted molar refractivity (Wildman–Crippen MR) is 93.4 cm³/mol. The average Bonchev–Trinajstić information content (AvgIpc) is 3.30. The summed E-state index contributed by atoms with van der Waals surface area (Å²) >= 11 is 0. The molecule has 0 atom stereocenters. The Bertz CT molecular complexity index is 1220. The minimum absolute atomic E-state index is 0.260. The van der Waals surface area contributed by atoms with Gasteiger partial charge in [-0.1, -0.05) is 0 Å². The molecule has 0 aliphatic carbocycles. The summed E-state index contributed by atoms with van der Waals surface area (Å²) in [4.78, 5) is 28.6. The van der Waals surface area contributed by atoms with Crippen molar-refractivity contribution in [2.24, 2.45) is 19.2 Å². The molecule has 0 spiro atoms. The van der Waals surface area contributed by atoms with Crippen molar-refractivity contribution < 1.29 is 9.15 Å². The van der Waals surface area contributed by atoms with E-state index < -0.39 is 11.2 Å². The second-order valence-electron chi connectivity index (χ2n) is 5.98. The molecule has 0 fully saturated rings. The Labute approximate surface area is 146 Å². The molecule has 1 aliphatic heterocycles. The van der Waals surface area contributed by atoms with Crippen molar-refractivity contribution in [2.75, 3.05) is 0 Å². The van der Waals surface area contributed by atoms with E-state index in [0.29, 0.717) is 17.5 Å². The van der Waals surface area contributed by atoms with Gasteiger partial charge in [0, 0.05) is 14.1 Å². The number of aromatic nitrogens is 4. The van der Waals surface area contributed by atoms with Crippen LogP contribution in [0.2, 0.25) is 0 Å². The molecule has 134 valence electrons. The third-order valence-electron chi connectivity index (χ3n) is 4.18. The van der Waals surface area contributed by atoms with E-state index >= 15 is 0 Å². The zero-order chi connectivity index (χ0) is 18.6. The first kappa shape index (κ1) is 15.9. The first-order chi connectivity index (χ1) is 12.4. The molecule has 3 aromatic heterocycles. The molecule has 4 heterocycles. The fourth-order valence-electron chi connectivity index (χ4n) is 2.86. The first-order valence-electron chi connectivity index (χ1n) is 7.80. The van der Waals surface area contributed by atoms with E-state index in [4.69, 9.17) is 9.15 Å². The topological polar surface area (TPSA) is 109 Å². The third-order valence-corrected chi connectivity index (χ3v) is 4.18. The Kier molecular flexibility index (Phi) is 3.36. The molecule has 0 amide bonds. The largest absolute Gasteiger partial charge is 0.466 e. The maximum Gasteiger partial charge on any atom is 0.332 e. The average molecular weight is 356 g/mol. The quantitative estimate of drug-likeness (QED) is 0.711. The molecular formula is C16H16N6O4. The molecule has 0 saturated heterocycles. The van der Waals surface area contributed by atoms with E-state index in [1.54, 1.807) is 13.2 Å². The summed E-state index contributed by atoms with van der Waals surface area (Å²) < 4.78 is 15.0. The lowest BCUT2D eigenvalue weighted by atomic mass is 10.2. The van der Waals surface area contributed by atoms with Crippen LogP contribution >= 0.6 is 0 Å². The van der Waals surface area contributed by atoms with Crippen molar-refractivity contribution in [1.29, 1.82) is 0 Å².